The zero-order valence-electron chi connectivity index (χ0n) is 20.8. The monoisotopic (exact) mass is 652 g/mol. The number of rotatable bonds is 2. The first-order chi connectivity index (χ1) is 17.0. The van der Waals surface area contributed by atoms with Gasteiger partial charge >= 0.3 is 0 Å². The Bertz CT molecular complexity index is 1370. The number of fused-ring (bicyclic) bond motifs is 3. The fourth-order valence-electron chi connectivity index (χ4n) is 4.36. The van der Waals surface area contributed by atoms with Crippen LogP contribution in [-0.4, -0.2) is 15.0 Å². The molecule has 5 heteroatoms. The Morgan fingerprint density at radius 3 is 2.39 bits per heavy atom. The first-order valence-electron chi connectivity index (χ1n) is 12.2. The molecule has 1 aliphatic carbocycles. The molecule has 0 spiro atoms. The van der Waals surface area contributed by atoms with Gasteiger partial charge in [-0.25, -0.2) is 0 Å². The van der Waals surface area contributed by atoms with Crippen LogP contribution in [0.4, 0.5) is 0 Å². The Labute approximate surface area is 226 Å². The second kappa shape index (κ2) is 11.3. The summed E-state index contributed by atoms with van der Waals surface area (Å²) in [7, 11) is 0. The van der Waals surface area contributed by atoms with E-state index in [0.29, 0.717) is 0 Å². The van der Waals surface area contributed by atoms with Crippen LogP contribution in [-0.2, 0) is 38.4 Å². The molecular formula is C31H29IrN3O-2. The molecule has 0 atom stereocenters. The fraction of sp³-hybridized carbons (Fsp3) is 0.258. The Balaban J connectivity index is 0.000000198. The summed E-state index contributed by atoms with van der Waals surface area (Å²) < 4.78 is 6.16. The van der Waals surface area contributed by atoms with Crippen LogP contribution in [0, 0.1) is 12.3 Å². The third-order valence-corrected chi connectivity index (χ3v) is 6.34. The van der Waals surface area contributed by atoms with Crippen molar-refractivity contribution in [3.05, 3.63) is 102 Å². The van der Waals surface area contributed by atoms with Crippen LogP contribution >= 0.6 is 0 Å². The van der Waals surface area contributed by atoms with Crippen molar-refractivity contribution in [1.29, 1.82) is 0 Å². The molecule has 0 saturated heterocycles. The molecule has 0 aliphatic heterocycles. The average Bonchev–Trinajstić information content (AvgIpc) is 3.29. The molecule has 36 heavy (non-hydrogen) atoms. The number of benzene rings is 1. The van der Waals surface area contributed by atoms with E-state index in [4.69, 9.17) is 4.42 Å². The third kappa shape index (κ3) is 5.64. The summed E-state index contributed by atoms with van der Waals surface area (Å²) in [4.78, 5) is 13.2. The van der Waals surface area contributed by atoms with Crippen molar-refractivity contribution >= 4 is 11.0 Å². The summed E-state index contributed by atoms with van der Waals surface area (Å²) in [5.41, 5.74) is 7.31. The number of hydrogen-bond acceptors (Lipinski definition) is 4. The smallest absolute Gasteiger partial charge is 0.0931 e. The van der Waals surface area contributed by atoms with Crippen molar-refractivity contribution in [3.63, 3.8) is 0 Å². The second-order valence-corrected chi connectivity index (χ2v) is 9.87. The van der Waals surface area contributed by atoms with Crippen molar-refractivity contribution in [2.45, 2.75) is 51.9 Å². The molecule has 0 N–H and O–H groups in total. The van der Waals surface area contributed by atoms with Gasteiger partial charge in [0.1, 0.15) is 0 Å². The molecule has 1 radical (unpaired) electrons. The van der Waals surface area contributed by atoms with Crippen LogP contribution in [0.5, 0.6) is 0 Å². The SMILES string of the molecule is CC(C)(C)c1ccc(-c2[c-]ncc3c4c(oc23)CCCC4)nc1.[Ir].[c-]1ccccc1-c1ccccn1. The van der Waals surface area contributed by atoms with Crippen molar-refractivity contribution in [1.82, 2.24) is 15.0 Å². The molecule has 0 saturated carbocycles. The van der Waals surface area contributed by atoms with Crippen molar-refractivity contribution in [2.75, 3.05) is 0 Å². The molecule has 6 rings (SSSR count). The van der Waals surface area contributed by atoms with E-state index in [9.17, 15) is 0 Å². The number of pyridine rings is 3. The molecule has 1 aromatic carbocycles. The van der Waals surface area contributed by atoms with Gasteiger partial charge in [0.25, 0.3) is 0 Å². The Hall–Kier alpha value is -3.14. The van der Waals surface area contributed by atoms with Crippen LogP contribution in [0.1, 0.15) is 50.5 Å². The van der Waals surface area contributed by atoms with E-state index < -0.39 is 0 Å². The Kier molecular flexibility index (Phi) is 8.13. The van der Waals surface area contributed by atoms with Gasteiger partial charge in [-0.05, 0) is 71.0 Å². The molecule has 0 fully saturated rings. The third-order valence-electron chi connectivity index (χ3n) is 6.34. The minimum absolute atomic E-state index is 0. The van der Waals surface area contributed by atoms with Gasteiger partial charge < -0.3 is 19.4 Å². The second-order valence-electron chi connectivity index (χ2n) is 9.87. The van der Waals surface area contributed by atoms with Gasteiger partial charge in [0.05, 0.1) is 11.3 Å². The van der Waals surface area contributed by atoms with E-state index in [-0.39, 0.29) is 25.5 Å². The van der Waals surface area contributed by atoms with Gasteiger partial charge in [-0.3, -0.25) is 0 Å². The zero-order chi connectivity index (χ0) is 24.3. The fourth-order valence-corrected chi connectivity index (χ4v) is 4.36. The van der Waals surface area contributed by atoms with Crippen LogP contribution in [0.15, 0.2) is 77.6 Å². The van der Waals surface area contributed by atoms with Crippen molar-refractivity contribution < 1.29 is 24.5 Å². The molecule has 0 unspecified atom stereocenters. The zero-order valence-corrected chi connectivity index (χ0v) is 23.2. The predicted molar refractivity (Wildman–Crippen MR) is 140 cm³/mol. The van der Waals surface area contributed by atoms with Crippen LogP contribution in [0.2, 0.25) is 0 Å². The number of hydrogen-bond donors (Lipinski definition) is 0. The van der Waals surface area contributed by atoms with E-state index in [1.54, 1.807) is 6.20 Å². The molecule has 0 amide bonds. The molecule has 4 aromatic heterocycles. The van der Waals surface area contributed by atoms with Gasteiger partial charge in [-0.15, -0.1) is 35.9 Å². The van der Waals surface area contributed by atoms with Gasteiger partial charge in [-0.1, -0.05) is 50.6 Å². The van der Waals surface area contributed by atoms with Gasteiger partial charge in [0, 0.05) is 38.9 Å². The van der Waals surface area contributed by atoms with E-state index >= 15 is 0 Å². The summed E-state index contributed by atoms with van der Waals surface area (Å²) in [5.74, 6) is 1.13. The van der Waals surface area contributed by atoms with Crippen molar-refractivity contribution in [2.24, 2.45) is 0 Å². The Morgan fingerprint density at radius 1 is 0.861 bits per heavy atom. The molecule has 0 bridgehead atoms. The predicted octanol–water partition coefficient (Wildman–Crippen LogP) is 7.41. The first kappa shape index (κ1) is 25.9. The molecule has 4 nitrogen and oxygen atoms in total. The summed E-state index contributed by atoms with van der Waals surface area (Å²) in [5, 5.41) is 1.13. The first-order valence-corrected chi connectivity index (χ1v) is 12.2. The van der Waals surface area contributed by atoms with Crippen LogP contribution < -0.4 is 0 Å². The number of aromatic nitrogens is 3. The van der Waals surface area contributed by atoms with Gasteiger partial charge in [0.15, 0.2) is 0 Å². The molecular weight excluding hydrogens is 623 g/mol. The maximum atomic E-state index is 6.16. The summed E-state index contributed by atoms with van der Waals surface area (Å²) in [6, 6.07) is 21.0. The maximum absolute atomic E-state index is 6.16. The molecule has 185 valence electrons. The minimum Gasteiger partial charge on any atom is -0.505 e. The standard InChI is InChI=1S/C20H21N2O.C11H8N.Ir/c1-20(2,3)13-8-9-17(22-10-13)16-12-21-11-15-14-6-4-5-7-18(14)23-19(15)16;1-2-6-10(7-3-1)11-8-4-5-9-12-11;/h8-11H,4-7H2,1-3H3;1-6,8-9H;/q2*-1;. The minimum atomic E-state index is 0. The van der Waals surface area contributed by atoms with Crippen LogP contribution in [0.3, 0.4) is 0 Å². The summed E-state index contributed by atoms with van der Waals surface area (Å²) in [6.07, 6.45) is 13.3. The number of aryl methyl sites for hydroxylation is 2. The number of furan rings is 1. The van der Waals surface area contributed by atoms with E-state index in [1.165, 1.54) is 24.0 Å². The Morgan fingerprint density at radius 2 is 1.69 bits per heavy atom. The van der Waals surface area contributed by atoms with Crippen LogP contribution in [0.25, 0.3) is 33.5 Å². The van der Waals surface area contributed by atoms with Gasteiger partial charge in [0.2, 0.25) is 0 Å². The maximum Gasteiger partial charge on any atom is 0.0931 e. The molecule has 1 aliphatic rings. The normalized spacial score (nSPS) is 12.8. The summed E-state index contributed by atoms with van der Waals surface area (Å²) >= 11 is 0. The van der Waals surface area contributed by atoms with Gasteiger partial charge in [-0.2, -0.15) is 0 Å². The topological polar surface area (TPSA) is 51.8 Å². The van der Waals surface area contributed by atoms with E-state index in [2.05, 4.69) is 60.1 Å². The molecule has 5 aromatic rings. The summed E-state index contributed by atoms with van der Waals surface area (Å²) in [6.45, 7) is 6.58. The number of nitrogens with zero attached hydrogens (tertiary/aromatic N) is 3. The molecule has 4 heterocycles. The largest absolute Gasteiger partial charge is 0.505 e. The van der Waals surface area contributed by atoms with E-state index in [0.717, 1.165) is 52.1 Å². The van der Waals surface area contributed by atoms with E-state index in [1.807, 2.05) is 54.9 Å². The average molecular weight is 652 g/mol. The quantitative estimate of drug-likeness (QED) is 0.187. The van der Waals surface area contributed by atoms with Crippen molar-refractivity contribution in [3.8, 4) is 22.5 Å².